The maximum absolute atomic E-state index is 2.29. The number of allylic oxidation sites excluding steroid dienone is 4. The summed E-state index contributed by atoms with van der Waals surface area (Å²) in [5, 5.41) is 0. The van der Waals surface area contributed by atoms with Gasteiger partial charge >= 0.3 is 0 Å². The van der Waals surface area contributed by atoms with Gasteiger partial charge in [-0.05, 0) is 19.3 Å². The predicted octanol–water partition coefficient (Wildman–Crippen LogP) is 6.04. The van der Waals surface area contributed by atoms with Gasteiger partial charge in [0, 0.05) is 0 Å². The van der Waals surface area contributed by atoms with E-state index in [9.17, 15) is 0 Å². The van der Waals surface area contributed by atoms with Gasteiger partial charge in [0.15, 0.2) is 0 Å². The van der Waals surface area contributed by atoms with Crippen LogP contribution in [0, 0.1) is 0 Å². The molecule has 0 spiro atoms. The van der Waals surface area contributed by atoms with Gasteiger partial charge in [0.2, 0.25) is 0 Å². The van der Waals surface area contributed by atoms with Gasteiger partial charge in [-0.25, -0.2) is 0 Å². The molecule has 94 valence electrons. The van der Waals surface area contributed by atoms with Crippen molar-refractivity contribution in [1.82, 2.24) is 0 Å². The Balaban J connectivity index is 3.03. The van der Waals surface area contributed by atoms with Crippen LogP contribution in [-0.4, -0.2) is 0 Å². The average Bonchev–Trinajstić information content (AvgIpc) is 2.31. The first-order chi connectivity index (χ1) is 7.91. The van der Waals surface area contributed by atoms with Crippen LogP contribution in [0.5, 0.6) is 0 Å². The highest BCUT2D eigenvalue weighted by molar-refractivity contribution is 5.01. The number of hydrogen-bond acceptors (Lipinski definition) is 0. The van der Waals surface area contributed by atoms with Crippen molar-refractivity contribution in [2.75, 3.05) is 0 Å². The molecule has 0 fully saturated rings. The first kappa shape index (κ1) is 15.5. The van der Waals surface area contributed by atoms with Crippen LogP contribution in [-0.2, 0) is 0 Å². The standard InChI is InChI=1S/C16H30/c1-3-5-7-9-11-13-15-16-14-12-10-8-6-4-2/h5,7,9,11H,3-4,6,8,10,12-16H2,1-2H3/b7-5-,11-9-. The molecular formula is C16H30. The lowest BCUT2D eigenvalue weighted by molar-refractivity contribution is 0.577. The average molecular weight is 222 g/mol. The molecule has 0 bridgehead atoms. The van der Waals surface area contributed by atoms with Crippen LogP contribution in [0.25, 0.3) is 0 Å². The van der Waals surface area contributed by atoms with Crippen molar-refractivity contribution in [2.24, 2.45) is 0 Å². The molecule has 0 heterocycles. The highest BCUT2D eigenvalue weighted by Crippen LogP contribution is 2.09. The van der Waals surface area contributed by atoms with Gasteiger partial charge in [-0.3, -0.25) is 0 Å². The van der Waals surface area contributed by atoms with Gasteiger partial charge in [0.05, 0.1) is 0 Å². The topological polar surface area (TPSA) is 0 Å². The monoisotopic (exact) mass is 222 g/mol. The highest BCUT2D eigenvalue weighted by Gasteiger charge is 1.89. The lowest BCUT2D eigenvalue weighted by Gasteiger charge is -1.99. The molecule has 0 radical (unpaired) electrons. The zero-order valence-electron chi connectivity index (χ0n) is 11.4. The summed E-state index contributed by atoms with van der Waals surface area (Å²) in [5.74, 6) is 0. The molecule has 16 heavy (non-hydrogen) atoms. The molecule has 0 aliphatic carbocycles. The van der Waals surface area contributed by atoms with Crippen LogP contribution in [0.4, 0.5) is 0 Å². The molecule has 0 atom stereocenters. The second-order valence-electron chi connectivity index (χ2n) is 4.53. The molecular weight excluding hydrogens is 192 g/mol. The smallest absolute Gasteiger partial charge is 0.0348 e. The Labute approximate surface area is 103 Å². The summed E-state index contributed by atoms with van der Waals surface area (Å²) in [6, 6.07) is 0. The quantitative estimate of drug-likeness (QED) is 0.295. The molecule has 0 rings (SSSR count). The summed E-state index contributed by atoms with van der Waals surface area (Å²) in [4.78, 5) is 0. The van der Waals surface area contributed by atoms with Gasteiger partial charge in [-0.15, -0.1) is 0 Å². The van der Waals surface area contributed by atoms with E-state index < -0.39 is 0 Å². The molecule has 0 N–H and O–H groups in total. The van der Waals surface area contributed by atoms with E-state index in [4.69, 9.17) is 0 Å². The fraction of sp³-hybridized carbons (Fsp3) is 0.750. The van der Waals surface area contributed by atoms with Gasteiger partial charge in [-0.2, -0.15) is 0 Å². The number of hydrogen-bond donors (Lipinski definition) is 0. The van der Waals surface area contributed by atoms with Gasteiger partial charge in [0.25, 0.3) is 0 Å². The van der Waals surface area contributed by atoms with E-state index >= 15 is 0 Å². The molecule has 0 aromatic rings. The molecule has 0 saturated heterocycles. The lowest BCUT2D eigenvalue weighted by atomic mass is 10.1. The Morgan fingerprint density at radius 3 is 1.81 bits per heavy atom. The first-order valence-electron chi connectivity index (χ1n) is 7.23. The summed E-state index contributed by atoms with van der Waals surface area (Å²) >= 11 is 0. The first-order valence-corrected chi connectivity index (χ1v) is 7.23. The van der Waals surface area contributed by atoms with Crippen molar-refractivity contribution >= 4 is 0 Å². The van der Waals surface area contributed by atoms with E-state index in [-0.39, 0.29) is 0 Å². The molecule has 0 saturated carbocycles. The molecule has 0 amide bonds. The zero-order chi connectivity index (χ0) is 11.9. The third kappa shape index (κ3) is 13.5. The van der Waals surface area contributed by atoms with E-state index in [2.05, 4.69) is 38.2 Å². The van der Waals surface area contributed by atoms with Crippen molar-refractivity contribution in [1.29, 1.82) is 0 Å². The van der Waals surface area contributed by atoms with E-state index in [1.807, 2.05) is 0 Å². The maximum atomic E-state index is 2.29. The Morgan fingerprint density at radius 1 is 0.625 bits per heavy atom. The predicted molar refractivity (Wildman–Crippen MR) is 75.8 cm³/mol. The third-order valence-electron chi connectivity index (χ3n) is 2.84. The molecule has 0 aromatic carbocycles. The van der Waals surface area contributed by atoms with Gasteiger partial charge < -0.3 is 0 Å². The van der Waals surface area contributed by atoms with Crippen LogP contribution in [0.15, 0.2) is 24.3 Å². The molecule has 0 aliphatic heterocycles. The van der Waals surface area contributed by atoms with Crippen LogP contribution >= 0.6 is 0 Å². The Morgan fingerprint density at radius 2 is 1.19 bits per heavy atom. The fourth-order valence-electron chi connectivity index (χ4n) is 1.79. The van der Waals surface area contributed by atoms with Gasteiger partial charge in [-0.1, -0.05) is 83.1 Å². The SMILES string of the molecule is CC/C=C\C=C/CCCCCCCCCC. The van der Waals surface area contributed by atoms with E-state index in [1.54, 1.807) is 0 Å². The van der Waals surface area contributed by atoms with Crippen molar-refractivity contribution < 1.29 is 0 Å². The van der Waals surface area contributed by atoms with Crippen molar-refractivity contribution in [3.8, 4) is 0 Å². The van der Waals surface area contributed by atoms with Crippen LogP contribution in [0.1, 0.15) is 78.1 Å². The summed E-state index contributed by atoms with van der Waals surface area (Å²) in [7, 11) is 0. The molecule has 0 unspecified atom stereocenters. The molecule has 0 heteroatoms. The van der Waals surface area contributed by atoms with Gasteiger partial charge in [0.1, 0.15) is 0 Å². The van der Waals surface area contributed by atoms with Crippen molar-refractivity contribution in [2.45, 2.75) is 78.1 Å². The summed E-state index contributed by atoms with van der Waals surface area (Å²) < 4.78 is 0. The van der Waals surface area contributed by atoms with E-state index in [0.29, 0.717) is 0 Å². The summed E-state index contributed by atoms with van der Waals surface area (Å²) in [6.07, 6.45) is 22.6. The number of unbranched alkanes of at least 4 members (excludes halogenated alkanes) is 8. The Bertz CT molecular complexity index is 165. The fourth-order valence-corrected chi connectivity index (χ4v) is 1.79. The normalized spacial score (nSPS) is 11.9. The molecule has 0 aliphatic rings. The minimum Gasteiger partial charge on any atom is -0.0848 e. The van der Waals surface area contributed by atoms with Crippen LogP contribution in [0.2, 0.25) is 0 Å². The zero-order valence-corrected chi connectivity index (χ0v) is 11.4. The van der Waals surface area contributed by atoms with Crippen molar-refractivity contribution in [3.05, 3.63) is 24.3 Å². The Hall–Kier alpha value is -0.520. The minimum absolute atomic E-state index is 1.14. The summed E-state index contributed by atoms with van der Waals surface area (Å²) in [5.41, 5.74) is 0. The molecule has 0 nitrogen and oxygen atoms in total. The van der Waals surface area contributed by atoms with Crippen LogP contribution < -0.4 is 0 Å². The molecule has 0 aromatic heterocycles. The largest absolute Gasteiger partial charge is 0.0848 e. The minimum atomic E-state index is 1.14. The van der Waals surface area contributed by atoms with Crippen LogP contribution in [0.3, 0.4) is 0 Å². The third-order valence-corrected chi connectivity index (χ3v) is 2.84. The summed E-state index contributed by atoms with van der Waals surface area (Å²) in [6.45, 7) is 4.45. The second-order valence-corrected chi connectivity index (χ2v) is 4.53. The highest BCUT2D eigenvalue weighted by atomic mass is 14.0. The van der Waals surface area contributed by atoms with E-state index in [1.165, 1.54) is 57.8 Å². The second kappa shape index (κ2) is 14.5. The van der Waals surface area contributed by atoms with E-state index in [0.717, 1.165) is 6.42 Å². The Kier molecular flexibility index (Phi) is 14.0. The van der Waals surface area contributed by atoms with Crippen molar-refractivity contribution in [3.63, 3.8) is 0 Å². The maximum Gasteiger partial charge on any atom is -0.0348 e. The number of rotatable bonds is 11. The lowest BCUT2D eigenvalue weighted by Crippen LogP contribution is -1.79.